The van der Waals surface area contributed by atoms with Crippen LogP contribution in [0.3, 0.4) is 0 Å². The minimum Gasteiger partial charge on any atom is -0.466 e. The Hall–Kier alpha value is -1.40. The van der Waals surface area contributed by atoms with Crippen molar-refractivity contribution in [2.75, 3.05) is 13.2 Å². The lowest BCUT2D eigenvalue weighted by molar-refractivity contribution is -0.143. The van der Waals surface area contributed by atoms with Crippen LogP contribution in [0.15, 0.2) is 12.2 Å². The number of hydrogen-bond donors (Lipinski definition) is 3. The van der Waals surface area contributed by atoms with Crippen LogP contribution in [0.5, 0.6) is 0 Å². The standard InChI is InChI=1S/C47H91NO5/c1-3-5-7-9-11-13-15-17-19-23-27-31-35-39-45(50)44(43-49)48-46(51)40-36-32-28-24-21-22-26-30-34-38-42-53-47(52)41-37-33-29-25-20-18-16-14-12-10-8-6-4-2/h14,16,44-45,49-50H,3-13,15,17-43H2,1-2H3,(H,48,51)/b16-14-. The van der Waals surface area contributed by atoms with Crippen LogP contribution in [0.1, 0.15) is 251 Å². The molecule has 0 aliphatic rings. The van der Waals surface area contributed by atoms with E-state index in [1.807, 2.05) is 0 Å². The summed E-state index contributed by atoms with van der Waals surface area (Å²) in [5.41, 5.74) is 0. The molecule has 3 N–H and O–H groups in total. The van der Waals surface area contributed by atoms with Crippen molar-refractivity contribution in [2.24, 2.45) is 0 Å². The third kappa shape index (κ3) is 40.1. The second-order valence-electron chi connectivity index (χ2n) is 16.1. The van der Waals surface area contributed by atoms with Crippen molar-refractivity contribution < 1.29 is 24.5 Å². The van der Waals surface area contributed by atoms with Crippen LogP contribution in [0.2, 0.25) is 0 Å². The van der Waals surface area contributed by atoms with Gasteiger partial charge in [-0.25, -0.2) is 0 Å². The molecule has 0 aliphatic carbocycles. The molecule has 53 heavy (non-hydrogen) atoms. The molecule has 0 spiro atoms. The summed E-state index contributed by atoms with van der Waals surface area (Å²) in [6, 6.07) is -0.556. The van der Waals surface area contributed by atoms with Crippen LogP contribution < -0.4 is 5.32 Å². The number of carbonyl (C=O) groups excluding carboxylic acids is 2. The minimum absolute atomic E-state index is 0.0282. The van der Waals surface area contributed by atoms with Crippen molar-refractivity contribution in [2.45, 2.75) is 264 Å². The number of esters is 1. The van der Waals surface area contributed by atoms with E-state index in [4.69, 9.17) is 4.74 Å². The maximum atomic E-state index is 12.4. The zero-order valence-electron chi connectivity index (χ0n) is 35.5. The van der Waals surface area contributed by atoms with Gasteiger partial charge in [0.05, 0.1) is 25.4 Å². The molecule has 1 amide bonds. The van der Waals surface area contributed by atoms with E-state index in [-0.39, 0.29) is 18.5 Å². The van der Waals surface area contributed by atoms with Gasteiger partial charge < -0.3 is 20.3 Å². The van der Waals surface area contributed by atoms with Gasteiger partial charge in [-0.2, -0.15) is 0 Å². The van der Waals surface area contributed by atoms with Gasteiger partial charge in [-0.15, -0.1) is 0 Å². The molecule has 0 aliphatic heterocycles. The SMILES string of the molecule is CCCCCC/C=C\CCCCCCCC(=O)OCCCCCCCCCCCCC(=O)NC(CO)C(O)CCCCCCCCCCCCCCC. The highest BCUT2D eigenvalue weighted by molar-refractivity contribution is 5.76. The first-order chi connectivity index (χ1) is 26.0. The van der Waals surface area contributed by atoms with Gasteiger partial charge in [-0.3, -0.25) is 9.59 Å². The minimum atomic E-state index is -0.677. The second kappa shape index (κ2) is 43.3. The number of carbonyl (C=O) groups is 2. The predicted molar refractivity (Wildman–Crippen MR) is 227 cm³/mol. The average Bonchev–Trinajstić information content (AvgIpc) is 3.16. The molecule has 0 aromatic carbocycles. The Morgan fingerprint density at radius 1 is 0.509 bits per heavy atom. The lowest BCUT2D eigenvalue weighted by Gasteiger charge is -2.22. The first kappa shape index (κ1) is 51.6. The number of unbranched alkanes of at least 4 members (excludes halogenated alkanes) is 30. The fourth-order valence-corrected chi connectivity index (χ4v) is 7.16. The molecular formula is C47H91NO5. The molecule has 0 saturated carbocycles. The molecule has 0 radical (unpaired) electrons. The van der Waals surface area contributed by atoms with E-state index in [2.05, 4.69) is 31.3 Å². The Balaban J connectivity index is 3.49. The summed E-state index contributed by atoms with van der Waals surface area (Å²) < 4.78 is 5.43. The van der Waals surface area contributed by atoms with E-state index in [0.29, 0.717) is 25.9 Å². The number of ether oxygens (including phenoxy) is 1. The van der Waals surface area contributed by atoms with E-state index in [1.165, 1.54) is 161 Å². The second-order valence-corrected chi connectivity index (χ2v) is 16.1. The average molecular weight is 750 g/mol. The Kier molecular flexibility index (Phi) is 42.2. The summed E-state index contributed by atoms with van der Waals surface area (Å²) in [5, 5.41) is 23.1. The van der Waals surface area contributed by atoms with Crippen molar-refractivity contribution in [1.29, 1.82) is 0 Å². The Morgan fingerprint density at radius 2 is 0.887 bits per heavy atom. The maximum Gasteiger partial charge on any atom is 0.305 e. The van der Waals surface area contributed by atoms with Gasteiger partial charge in [0.25, 0.3) is 0 Å². The number of allylic oxidation sites excluding steroid dienone is 2. The molecule has 6 heteroatoms. The molecule has 6 nitrogen and oxygen atoms in total. The quantitative estimate of drug-likeness (QED) is 0.0328. The highest BCUT2D eigenvalue weighted by atomic mass is 16.5. The zero-order chi connectivity index (χ0) is 38.7. The van der Waals surface area contributed by atoms with Crippen LogP contribution in [0.4, 0.5) is 0 Å². The van der Waals surface area contributed by atoms with Gasteiger partial charge in [0.2, 0.25) is 5.91 Å². The molecular weight excluding hydrogens is 659 g/mol. The van der Waals surface area contributed by atoms with E-state index < -0.39 is 12.1 Å². The molecule has 0 heterocycles. The summed E-state index contributed by atoms with van der Waals surface area (Å²) in [5.74, 6) is -0.0868. The number of aliphatic hydroxyl groups is 2. The molecule has 0 fully saturated rings. The molecule has 0 rings (SSSR count). The highest BCUT2D eigenvalue weighted by Crippen LogP contribution is 2.16. The molecule has 0 saturated heterocycles. The lowest BCUT2D eigenvalue weighted by atomic mass is 10.0. The Morgan fingerprint density at radius 3 is 1.36 bits per heavy atom. The monoisotopic (exact) mass is 750 g/mol. The normalized spacial score (nSPS) is 12.8. The third-order valence-electron chi connectivity index (χ3n) is 10.8. The maximum absolute atomic E-state index is 12.4. The largest absolute Gasteiger partial charge is 0.466 e. The number of hydrogen-bond acceptors (Lipinski definition) is 5. The summed E-state index contributed by atoms with van der Waals surface area (Å²) in [7, 11) is 0. The van der Waals surface area contributed by atoms with Crippen molar-refractivity contribution in [3.8, 4) is 0 Å². The molecule has 0 bridgehead atoms. The van der Waals surface area contributed by atoms with Gasteiger partial charge in [0.15, 0.2) is 0 Å². The summed E-state index contributed by atoms with van der Waals surface area (Å²) in [6.45, 7) is 4.87. The fourth-order valence-electron chi connectivity index (χ4n) is 7.16. The molecule has 2 unspecified atom stereocenters. The summed E-state index contributed by atoms with van der Waals surface area (Å²) >= 11 is 0. The lowest BCUT2D eigenvalue weighted by Crippen LogP contribution is -2.45. The number of rotatable bonds is 43. The Labute approximate surface area is 329 Å². The van der Waals surface area contributed by atoms with Crippen LogP contribution in [0.25, 0.3) is 0 Å². The van der Waals surface area contributed by atoms with Gasteiger partial charge in [-0.05, 0) is 51.4 Å². The third-order valence-corrected chi connectivity index (χ3v) is 10.8. The molecule has 0 aromatic rings. The van der Waals surface area contributed by atoms with Crippen LogP contribution in [0, 0.1) is 0 Å². The molecule has 0 aromatic heterocycles. The number of aliphatic hydroxyl groups excluding tert-OH is 2. The highest BCUT2D eigenvalue weighted by Gasteiger charge is 2.20. The van der Waals surface area contributed by atoms with E-state index in [1.54, 1.807) is 0 Å². The van der Waals surface area contributed by atoms with Crippen molar-refractivity contribution >= 4 is 11.9 Å². The van der Waals surface area contributed by atoms with Crippen molar-refractivity contribution in [3.63, 3.8) is 0 Å². The summed E-state index contributed by atoms with van der Waals surface area (Å²) in [4.78, 5) is 24.4. The van der Waals surface area contributed by atoms with E-state index in [9.17, 15) is 19.8 Å². The molecule has 314 valence electrons. The topological polar surface area (TPSA) is 95.9 Å². The number of nitrogens with one attached hydrogen (secondary N) is 1. The van der Waals surface area contributed by atoms with E-state index >= 15 is 0 Å². The van der Waals surface area contributed by atoms with Crippen molar-refractivity contribution in [1.82, 2.24) is 5.32 Å². The zero-order valence-corrected chi connectivity index (χ0v) is 35.5. The number of amides is 1. The van der Waals surface area contributed by atoms with Gasteiger partial charge in [-0.1, -0.05) is 199 Å². The first-order valence-electron chi connectivity index (χ1n) is 23.4. The van der Waals surface area contributed by atoms with Crippen LogP contribution >= 0.6 is 0 Å². The summed E-state index contributed by atoms with van der Waals surface area (Å²) in [6.07, 6.45) is 47.3. The van der Waals surface area contributed by atoms with Crippen molar-refractivity contribution in [3.05, 3.63) is 12.2 Å². The van der Waals surface area contributed by atoms with Crippen LogP contribution in [-0.4, -0.2) is 47.4 Å². The van der Waals surface area contributed by atoms with Gasteiger partial charge >= 0.3 is 5.97 Å². The van der Waals surface area contributed by atoms with Gasteiger partial charge in [0, 0.05) is 12.8 Å². The molecule has 2 atom stereocenters. The first-order valence-corrected chi connectivity index (χ1v) is 23.4. The Bertz CT molecular complexity index is 787. The smallest absolute Gasteiger partial charge is 0.305 e. The van der Waals surface area contributed by atoms with Gasteiger partial charge in [0.1, 0.15) is 0 Å². The predicted octanol–water partition coefficient (Wildman–Crippen LogP) is 13.4. The fraction of sp³-hybridized carbons (Fsp3) is 0.915. The van der Waals surface area contributed by atoms with E-state index in [0.717, 1.165) is 57.8 Å². The van der Waals surface area contributed by atoms with Crippen LogP contribution in [-0.2, 0) is 14.3 Å².